The first-order valence-corrected chi connectivity index (χ1v) is 4.23. The summed E-state index contributed by atoms with van der Waals surface area (Å²) in [4.78, 5) is 9.43. The van der Waals surface area contributed by atoms with Crippen LogP contribution >= 0.6 is 0 Å². The van der Waals surface area contributed by atoms with Gasteiger partial charge in [0.2, 0.25) is 6.20 Å². The lowest BCUT2D eigenvalue weighted by atomic mass is 10.1. The van der Waals surface area contributed by atoms with Crippen LogP contribution in [0.2, 0.25) is 0 Å². The van der Waals surface area contributed by atoms with Crippen LogP contribution in [0.4, 0.5) is 4.39 Å². The SMILES string of the molecule is O=[N+]([O-])/C=C/CCc1ccc(F)cc1. The molecule has 74 valence electrons. The van der Waals surface area contributed by atoms with Gasteiger partial charge in [0.1, 0.15) is 5.82 Å². The van der Waals surface area contributed by atoms with Crippen molar-refractivity contribution in [2.45, 2.75) is 12.8 Å². The van der Waals surface area contributed by atoms with Gasteiger partial charge in [0.05, 0.1) is 4.92 Å². The number of hydrogen-bond donors (Lipinski definition) is 0. The number of rotatable bonds is 4. The fourth-order valence-electron chi connectivity index (χ4n) is 1.06. The molecule has 0 fully saturated rings. The molecule has 0 spiro atoms. The van der Waals surface area contributed by atoms with Crippen molar-refractivity contribution in [2.75, 3.05) is 0 Å². The minimum absolute atomic E-state index is 0.269. The largest absolute Gasteiger partial charge is 0.259 e. The van der Waals surface area contributed by atoms with Gasteiger partial charge in [-0.25, -0.2) is 4.39 Å². The van der Waals surface area contributed by atoms with Crippen molar-refractivity contribution in [3.8, 4) is 0 Å². The summed E-state index contributed by atoms with van der Waals surface area (Å²) in [6.07, 6.45) is 3.68. The van der Waals surface area contributed by atoms with E-state index in [4.69, 9.17) is 0 Å². The van der Waals surface area contributed by atoms with E-state index in [1.807, 2.05) is 0 Å². The number of benzene rings is 1. The lowest BCUT2D eigenvalue weighted by Gasteiger charge is -1.96. The van der Waals surface area contributed by atoms with Gasteiger partial charge in [-0.3, -0.25) is 10.1 Å². The van der Waals surface area contributed by atoms with Crippen molar-refractivity contribution in [3.63, 3.8) is 0 Å². The molecule has 4 heteroatoms. The second-order valence-electron chi connectivity index (χ2n) is 2.84. The standard InChI is InChI=1S/C10H10FNO2/c11-10-6-4-9(5-7-10)3-1-2-8-12(13)14/h2,4-8H,1,3H2/b8-2+. The third kappa shape index (κ3) is 3.80. The maximum atomic E-state index is 12.5. The van der Waals surface area contributed by atoms with E-state index in [0.717, 1.165) is 11.8 Å². The van der Waals surface area contributed by atoms with Crippen LogP contribution in [0.1, 0.15) is 12.0 Å². The lowest BCUT2D eigenvalue weighted by molar-refractivity contribution is -0.402. The molecule has 0 heterocycles. The van der Waals surface area contributed by atoms with Gasteiger partial charge in [0.25, 0.3) is 0 Å². The van der Waals surface area contributed by atoms with Gasteiger partial charge in [0.15, 0.2) is 0 Å². The number of nitro groups is 1. The van der Waals surface area contributed by atoms with Crippen LogP contribution in [0.5, 0.6) is 0 Å². The van der Waals surface area contributed by atoms with Gasteiger partial charge >= 0.3 is 0 Å². The molecule has 1 aromatic rings. The zero-order chi connectivity index (χ0) is 10.4. The Bertz CT molecular complexity index is 332. The molecule has 0 unspecified atom stereocenters. The average molecular weight is 195 g/mol. The third-order valence-corrected chi connectivity index (χ3v) is 1.74. The second kappa shape index (κ2) is 5.11. The number of hydrogen-bond acceptors (Lipinski definition) is 2. The van der Waals surface area contributed by atoms with Crippen LogP contribution in [0.3, 0.4) is 0 Å². The lowest BCUT2D eigenvalue weighted by Crippen LogP contribution is -1.86. The summed E-state index contributed by atoms with van der Waals surface area (Å²) in [6.45, 7) is 0. The molecule has 0 saturated carbocycles. The molecule has 14 heavy (non-hydrogen) atoms. The number of aryl methyl sites for hydroxylation is 1. The van der Waals surface area contributed by atoms with E-state index in [-0.39, 0.29) is 5.82 Å². The molecular weight excluding hydrogens is 185 g/mol. The molecule has 0 aliphatic rings. The Balaban J connectivity index is 2.39. The highest BCUT2D eigenvalue weighted by molar-refractivity contribution is 5.16. The molecule has 3 nitrogen and oxygen atoms in total. The maximum Gasteiger partial charge on any atom is 0.230 e. The van der Waals surface area contributed by atoms with Gasteiger partial charge < -0.3 is 0 Å². The average Bonchev–Trinajstić information content (AvgIpc) is 2.15. The number of nitrogens with zero attached hydrogens (tertiary/aromatic N) is 1. The second-order valence-corrected chi connectivity index (χ2v) is 2.84. The molecule has 0 aromatic heterocycles. The topological polar surface area (TPSA) is 43.1 Å². The van der Waals surface area contributed by atoms with Crippen molar-refractivity contribution >= 4 is 0 Å². The van der Waals surface area contributed by atoms with Crippen LogP contribution in [-0.2, 0) is 6.42 Å². The predicted molar refractivity (Wildman–Crippen MR) is 50.9 cm³/mol. The molecular formula is C10H10FNO2. The Morgan fingerprint density at radius 1 is 1.36 bits per heavy atom. The first-order valence-electron chi connectivity index (χ1n) is 4.23. The number of allylic oxidation sites excluding steroid dienone is 1. The van der Waals surface area contributed by atoms with Crippen LogP contribution < -0.4 is 0 Å². The van der Waals surface area contributed by atoms with Gasteiger partial charge in [0, 0.05) is 0 Å². The Hall–Kier alpha value is -1.71. The zero-order valence-electron chi connectivity index (χ0n) is 7.52. The summed E-state index contributed by atoms with van der Waals surface area (Å²) in [7, 11) is 0. The van der Waals surface area contributed by atoms with Crippen molar-refractivity contribution in [1.82, 2.24) is 0 Å². The van der Waals surface area contributed by atoms with Crippen molar-refractivity contribution in [1.29, 1.82) is 0 Å². The summed E-state index contributed by atoms with van der Waals surface area (Å²) in [6, 6.07) is 6.11. The maximum absolute atomic E-state index is 12.5. The van der Waals surface area contributed by atoms with Gasteiger partial charge in [-0.1, -0.05) is 12.1 Å². The predicted octanol–water partition coefficient (Wildman–Crippen LogP) is 2.55. The van der Waals surface area contributed by atoms with E-state index in [9.17, 15) is 14.5 Å². The normalized spacial score (nSPS) is 10.6. The Morgan fingerprint density at radius 3 is 2.57 bits per heavy atom. The first kappa shape index (κ1) is 10.4. The van der Waals surface area contributed by atoms with Crippen LogP contribution in [0.15, 0.2) is 36.5 Å². The molecule has 0 aliphatic heterocycles. The highest BCUT2D eigenvalue weighted by Crippen LogP contribution is 2.05. The van der Waals surface area contributed by atoms with E-state index in [2.05, 4.69) is 0 Å². The van der Waals surface area contributed by atoms with Crippen LogP contribution in [0, 0.1) is 15.9 Å². The minimum Gasteiger partial charge on any atom is -0.259 e. The molecule has 0 radical (unpaired) electrons. The van der Waals surface area contributed by atoms with Crippen LogP contribution in [-0.4, -0.2) is 4.92 Å². The van der Waals surface area contributed by atoms with E-state index >= 15 is 0 Å². The highest BCUT2D eigenvalue weighted by atomic mass is 19.1. The molecule has 0 saturated heterocycles. The molecule has 0 amide bonds. The number of halogens is 1. The van der Waals surface area contributed by atoms with E-state index < -0.39 is 4.92 Å². The summed E-state index contributed by atoms with van der Waals surface area (Å²) >= 11 is 0. The van der Waals surface area contributed by atoms with Gasteiger partial charge in [-0.05, 0) is 36.6 Å². The Kier molecular flexibility index (Phi) is 3.79. The van der Waals surface area contributed by atoms with Crippen molar-refractivity contribution in [3.05, 3.63) is 58.0 Å². The summed E-state index contributed by atoms with van der Waals surface area (Å²) in [5, 5.41) is 9.92. The third-order valence-electron chi connectivity index (χ3n) is 1.74. The minimum atomic E-state index is -0.495. The van der Waals surface area contributed by atoms with E-state index in [1.54, 1.807) is 12.1 Å². The summed E-state index contributed by atoms with van der Waals surface area (Å²) < 4.78 is 12.5. The monoisotopic (exact) mass is 195 g/mol. The quantitative estimate of drug-likeness (QED) is 0.547. The smallest absolute Gasteiger partial charge is 0.230 e. The Labute approximate surface area is 81.0 Å². The fraction of sp³-hybridized carbons (Fsp3) is 0.200. The molecule has 0 aliphatic carbocycles. The van der Waals surface area contributed by atoms with Crippen LogP contribution in [0.25, 0.3) is 0 Å². The van der Waals surface area contributed by atoms with Gasteiger partial charge in [-0.2, -0.15) is 0 Å². The molecule has 0 atom stereocenters. The Morgan fingerprint density at radius 2 is 2.00 bits per heavy atom. The molecule has 0 bridgehead atoms. The first-order chi connectivity index (χ1) is 6.68. The zero-order valence-corrected chi connectivity index (χ0v) is 7.52. The molecule has 1 rings (SSSR count). The van der Waals surface area contributed by atoms with Gasteiger partial charge in [-0.15, -0.1) is 0 Å². The molecule has 1 aromatic carbocycles. The van der Waals surface area contributed by atoms with Crippen molar-refractivity contribution in [2.24, 2.45) is 0 Å². The summed E-state index contributed by atoms with van der Waals surface area (Å²) in [5.74, 6) is -0.269. The highest BCUT2D eigenvalue weighted by Gasteiger charge is 1.93. The van der Waals surface area contributed by atoms with Crippen molar-refractivity contribution < 1.29 is 9.31 Å². The van der Waals surface area contributed by atoms with E-state index in [0.29, 0.717) is 12.8 Å². The fourth-order valence-corrected chi connectivity index (χ4v) is 1.06. The molecule has 0 N–H and O–H groups in total. The van der Waals surface area contributed by atoms with E-state index in [1.165, 1.54) is 18.2 Å². The summed E-state index contributed by atoms with van der Waals surface area (Å²) in [5.41, 5.74) is 0.972.